The van der Waals surface area contributed by atoms with Crippen LogP contribution in [0.3, 0.4) is 0 Å². The van der Waals surface area contributed by atoms with Crippen molar-refractivity contribution in [2.45, 2.75) is 6.42 Å². The number of nitro benzene ring substituents is 1. The molecule has 0 aromatic heterocycles. The topological polar surface area (TPSA) is 141 Å². The molecule has 7 rings (SSSR count). The van der Waals surface area contributed by atoms with Gasteiger partial charge in [-0.1, -0.05) is 54.1 Å². The number of carboxylic acids is 1. The van der Waals surface area contributed by atoms with Gasteiger partial charge in [0.15, 0.2) is 23.0 Å². The zero-order chi connectivity index (χ0) is 34.9. The third-order valence-electron chi connectivity index (χ3n) is 7.23. The Labute approximate surface area is 306 Å². The van der Waals surface area contributed by atoms with Gasteiger partial charge in [-0.25, -0.2) is 5.26 Å². The second kappa shape index (κ2) is 17.7. The quantitative estimate of drug-likeness (QED) is 0.0969. The molecule has 2 aliphatic heterocycles. The maximum atomic E-state index is 10.4. The van der Waals surface area contributed by atoms with E-state index < -0.39 is 24.5 Å². The summed E-state index contributed by atoms with van der Waals surface area (Å²) in [4.78, 5) is 20.0. The Hall–Kier alpha value is -4.83. The van der Waals surface area contributed by atoms with Crippen molar-refractivity contribution in [3.8, 4) is 40.2 Å². The minimum absolute atomic E-state index is 0. The van der Waals surface area contributed by atoms with Crippen LogP contribution in [0.4, 0.5) is 5.69 Å². The summed E-state index contributed by atoms with van der Waals surface area (Å²) in [6, 6.07) is 35.2. The molecular weight excluding hydrogens is 855 g/mol. The van der Waals surface area contributed by atoms with Gasteiger partial charge in [0.25, 0.3) is 0 Å². The molecule has 13 heteroatoms. The van der Waals surface area contributed by atoms with Gasteiger partial charge < -0.3 is 49.1 Å². The number of hydrogen-bond acceptors (Lipinski definition) is 8. The first-order valence-electron chi connectivity index (χ1n) is 14.8. The standard InChI is InChI=1S/C26H20O4P2.C8H3N2O4.C3H6.Ir/c31-21-13-11-19-25(29-15-27-19)23(21)24-22(14-12-20-26(24)30-16-28-20)32(17-7-3-1-4-8-17)18-9-5-2-6-10-18;9-4-6-2-1-5(8(11)12)3-7(6)10(13)14;1-3-2;/h1-14H,15-16,31H2;2-3H,(H,11,12);1-3H2;/q;-1;-2;+3/p+1. The van der Waals surface area contributed by atoms with Crippen LogP contribution in [0.2, 0.25) is 0 Å². The number of carboxylic acid groups (broad SMARTS) is 1. The number of aromatic carboxylic acids is 1. The first kappa shape index (κ1) is 38.0. The first-order chi connectivity index (χ1) is 23.8. The maximum Gasteiger partial charge on any atom is 3.00 e. The third-order valence-corrected chi connectivity index (χ3v) is 10.5. The number of rotatable bonds is 6. The van der Waals surface area contributed by atoms with Crippen LogP contribution >= 0.6 is 17.2 Å². The van der Waals surface area contributed by atoms with Crippen LogP contribution in [0, 0.1) is 41.4 Å². The van der Waals surface area contributed by atoms with E-state index in [1.807, 2.05) is 18.2 Å². The predicted octanol–water partition coefficient (Wildman–Crippen LogP) is 5.81. The van der Waals surface area contributed by atoms with E-state index in [1.165, 1.54) is 15.9 Å². The van der Waals surface area contributed by atoms with Crippen molar-refractivity contribution in [3.63, 3.8) is 0 Å². The molecule has 0 fully saturated rings. The minimum atomic E-state index is -1.35. The second-order valence-corrected chi connectivity index (χ2v) is 13.3. The number of nitrogens with zero attached hydrogens (tertiary/aromatic N) is 2. The van der Waals surface area contributed by atoms with Gasteiger partial charge in [0.2, 0.25) is 25.2 Å². The van der Waals surface area contributed by atoms with Gasteiger partial charge in [0.1, 0.15) is 15.9 Å². The molecule has 2 aliphatic rings. The molecule has 2 heterocycles. The van der Waals surface area contributed by atoms with Crippen LogP contribution < -0.4 is 40.2 Å². The van der Waals surface area contributed by atoms with E-state index in [0.29, 0.717) is 0 Å². The van der Waals surface area contributed by atoms with E-state index in [1.54, 1.807) is 6.07 Å². The molecule has 0 saturated carbocycles. The van der Waals surface area contributed by atoms with Gasteiger partial charge in [-0.3, -0.25) is 10.1 Å². The fourth-order valence-corrected chi connectivity index (χ4v) is 8.32. The summed E-state index contributed by atoms with van der Waals surface area (Å²) in [7, 11) is 1.50. The molecule has 254 valence electrons. The van der Waals surface area contributed by atoms with Crippen molar-refractivity contribution in [3.05, 3.63) is 138 Å². The van der Waals surface area contributed by atoms with Crippen molar-refractivity contribution in [1.29, 1.82) is 5.26 Å². The second-order valence-electron chi connectivity index (χ2n) is 10.3. The van der Waals surface area contributed by atoms with Gasteiger partial charge >= 0.3 is 20.1 Å². The number of benzene rings is 5. The van der Waals surface area contributed by atoms with E-state index in [9.17, 15) is 14.9 Å². The molecule has 1 atom stereocenters. The molecule has 0 radical (unpaired) electrons. The van der Waals surface area contributed by atoms with Gasteiger partial charge in [0.05, 0.1) is 19.6 Å². The van der Waals surface area contributed by atoms with Crippen LogP contribution in [-0.2, 0) is 20.1 Å². The molecular formula is C37H30IrN2O8P2+. The third kappa shape index (κ3) is 8.30. The number of carbonyl (C=O) groups is 1. The minimum Gasteiger partial charge on any atom is -0.521 e. The smallest absolute Gasteiger partial charge is 0.521 e. The largest absolute Gasteiger partial charge is 3.00 e. The van der Waals surface area contributed by atoms with E-state index >= 15 is 0 Å². The average Bonchev–Trinajstić information content (AvgIpc) is 3.80. The average molecular weight is 885 g/mol. The Morgan fingerprint density at radius 1 is 0.900 bits per heavy atom. The molecule has 0 aliphatic carbocycles. The van der Waals surface area contributed by atoms with Crippen molar-refractivity contribution in [2.75, 3.05) is 13.6 Å². The zero-order valence-corrected chi connectivity index (χ0v) is 30.9. The number of hydrogen-bond donors (Lipinski definition) is 1. The predicted molar refractivity (Wildman–Crippen MR) is 193 cm³/mol. The zero-order valence-electron chi connectivity index (χ0n) is 26.4. The Bertz CT molecular complexity index is 1990. The fourth-order valence-electron chi connectivity index (χ4n) is 5.21. The summed E-state index contributed by atoms with van der Waals surface area (Å²) in [5, 5.41) is 32.3. The summed E-state index contributed by atoms with van der Waals surface area (Å²) < 4.78 is 23.5. The summed E-state index contributed by atoms with van der Waals surface area (Å²) in [6.45, 7) is 7.18. The molecule has 50 heavy (non-hydrogen) atoms. The summed E-state index contributed by atoms with van der Waals surface area (Å²) in [5.74, 6) is 1.71. The Morgan fingerprint density at radius 3 is 1.92 bits per heavy atom. The molecule has 5 aromatic carbocycles. The summed E-state index contributed by atoms with van der Waals surface area (Å²) >= 11 is 0. The number of nitriles is 1. The van der Waals surface area contributed by atoms with E-state index in [4.69, 9.17) is 29.3 Å². The SMILES string of the molecule is N#Cc1c[c-]c(C(=O)O)cc1[N+](=O)[O-].Pc1ccc2c(c1-c1c([PH+](c3ccccc3)c3ccccc3)ccc3c1OCO3)OCO2.[CH2-]C[CH2-].[Ir+3]. The molecule has 0 amide bonds. The Morgan fingerprint density at radius 2 is 1.42 bits per heavy atom. The molecule has 10 nitrogen and oxygen atoms in total. The van der Waals surface area contributed by atoms with Crippen LogP contribution in [0.15, 0.2) is 97.1 Å². The summed E-state index contributed by atoms with van der Waals surface area (Å²) in [5.41, 5.74) is 0.935. The van der Waals surface area contributed by atoms with Crippen LogP contribution in [0.5, 0.6) is 23.0 Å². The molecule has 0 saturated heterocycles. The summed E-state index contributed by atoms with van der Waals surface area (Å²) in [6.07, 6.45) is 0.750. The van der Waals surface area contributed by atoms with E-state index in [2.05, 4.69) is 95.9 Å². The molecule has 0 spiro atoms. The number of nitro groups is 1. The van der Waals surface area contributed by atoms with Crippen LogP contribution in [0.1, 0.15) is 22.3 Å². The first-order valence-corrected chi connectivity index (χ1v) is 16.9. The maximum absolute atomic E-state index is 10.4. The molecule has 5 aromatic rings. The van der Waals surface area contributed by atoms with Gasteiger partial charge in [-0.2, -0.15) is 0 Å². The Kier molecular flexibility index (Phi) is 13.5. The van der Waals surface area contributed by atoms with Crippen LogP contribution in [-0.4, -0.2) is 29.6 Å². The molecule has 1 N–H and O–H groups in total. The van der Waals surface area contributed by atoms with Crippen molar-refractivity contribution in [1.82, 2.24) is 0 Å². The normalized spacial score (nSPS) is 11.6. The molecule has 1 unspecified atom stereocenters. The van der Waals surface area contributed by atoms with Crippen molar-refractivity contribution in [2.24, 2.45) is 0 Å². The van der Waals surface area contributed by atoms with E-state index in [-0.39, 0.29) is 44.8 Å². The van der Waals surface area contributed by atoms with E-state index in [0.717, 1.165) is 58.0 Å². The van der Waals surface area contributed by atoms with Gasteiger partial charge in [-0.05, 0) is 47.8 Å². The number of ether oxygens (including phenoxy) is 4. The monoisotopic (exact) mass is 885 g/mol. The fraction of sp³-hybridized carbons (Fsp3) is 0.0811. The van der Waals surface area contributed by atoms with Crippen LogP contribution in [0.25, 0.3) is 11.1 Å². The van der Waals surface area contributed by atoms with Gasteiger partial charge in [0, 0.05) is 16.1 Å². The Balaban J connectivity index is 0.000000264. The van der Waals surface area contributed by atoms with Crippen molar-refractivity contribution < 1.29 is 53.9 Å². The van der Waals surface area contributed by atoms with Gasteiger partial charge in [-0.15, -0.1) is 21.4 Å². The number of fused-ring (bicyclic) bond motifs is 2. The molecule has 0 bridgehead atoms. The van der Waals surface area contributed by atoms with Crippen molar-refractivity contribution >= 4 is 50.0 Å².